The van der Waals surface area contributed by atoms with Crippen molar-refractivity contribution < 1.29 is 32.4 Å². The number of H-pyrrole nitrogens is 1. The Morgan fingerprint density at radius 1 is 1.00 bits per heavy atom. The van der Waals surface area contributed by atoms with Crippen molar-refractivity contribution in [3.05, 3.63) is 114 Å². The van der Waals surface area contributed by atoms with Crippen LogP contribution in [0.4, 0.5) is 24.5 Å². The second-order valence-corrected chi connectivity index (χ2v) is 14.9. The molecule has 2 saturated carbocycles. The lowest BCUT2D eigenvalue weighted by atomic mass is 9.68. The van der Waals surface area contributed by atoms with E-state index in [1.807, 2.05) is 31.2 Å². The number of carbonyl (C=O) groups excluding carboxylic acids is 2. The van der Waals surface area contributed by atoms with Crippen molar-refractivity contribution in [1.82, 2.24) is 4.98 Å². The van der Waals surface area contributed by atoms with Gasteiger partial charge >= 0.3 is 11.0 Å². The highest BCUT2D eigenvalue weighted by atomic mass is 32.2. The van der Waals surface area contributed by atoms with Gasteiger partial charge in [-0.2, -0.15) is 13.2 Å². The van der Waals surface area contributed by atoms with Crippen molar-refractivity contribution in [1.29, 1.82) is 0 Å². The molecule has 3 aromatic carbocycles. The lowest BCUT2D eigenvalue weighted by Gasteiger charge is -2.43. The smallest absolute Gasteiger partial charge is 0.418 e. The van der Waals surface area contributed by atoms with E-state index in [1.54, 1.807) is 6.07 Å². The fraction of sp³-hybridized carbons (Fsp3) is 0.324. The van der Waals surface area contributed by atoms with Crippen LogP contribution in [-0.4, -0.2) is 27.0 Å². The van der Waals surface area contributed by atoms with Gasteiger partial charge in [0.1, 0.15) is 12.4 Å². The molecule has 1 aromatic heterocycles. The SMILES string of the molecule is Cc1cccc(COc2ccc([N+](=O)[O-])cc2[C@@H]2c3sc(=O)[nH]c3S[C@@H]3[C@@H]4C[C@@H]([C@@H]5C(=O)N(c6ccccc6C(F)(F)F)C(=O)[C@@H]45)[C@@H]23)c1. The highest BCUT2D eigenvalue weighted by molar-refractivity contribution is 8.00. The van der Waals surface area contributed by atoms with Gasteiger partial charge in [0.25, 0.3) is 5.69 Å². The minimum atomic E-state index is -4.78. The summed E-state index contributed by atoms with van der Waals surface area (Å²) in [5.74, 6) is -4.33. The van der Waals surface area contributed by atoms with Crippen molar-refractivity contribution in [2.45, 2.75) is 42.3 Å². The molecule has 7 atom stereocenters. The number of fused-ring (bicyclic) bond motifs is 9. The van der Waals surface area contributed by atoms with Gasteiger partial charge in [0.2, 0.25) is 11.8 Å². The second-order valence-electron chi connectivity index (χ2n) is 12.7. The largest absolute Gasteiger partial charge is 0.489 e. The maximum absolute atomic E-state index is 14.1. The number of rotatable bonds is 6. The number of benzene rings is 3. The standard InChI is InChI=1S/C34H26F3N3O6S2/c1-15-5-4-6-16(11-15)14-46-23-10-9-17(40(44)45)12-18(23)24-25-19-13-20(28(25)47-30-29(24)48-33(43)38-30)27-26(19)31(41)39(32(27)42)22-8-3-2-7-21(22)34(35,36)37/h2-12,19-20,24-28H,13-14H2,1H3,(H,38,43)/t19-,20-,24+,25+,26+,27+,28-/m1/s1. The molecule has 0 spiro atoms. The number of non-ortho nitro benzene ring substituents is 1. The molecule has 2 aliphatic carbocycles. The predicted octanol–water partition coefficient (Wildman–Crippen LogP) is 6.93. The number of amides is 2. The molecule has 4 aliphatic rings. The third kappa shape index (κ3) is 4.71. The zero-order valence-electron chi connectivity index (χ0n) is 25.1. The Morgan fingerprint density at radius 2 is 1.75 bits per heavy atom. The average molecular weight is 694 g/mol. The number of carbonyl (C=O) groups is 2. The number of imide groups is 1. The van der Waals surface area contributed by atoms with Crippen LogP contribution in [0.1, 0.15) is 39.5 Å². The van der Waals surface area contributed by atoms with E-state index in [-0.39, 0.29) is 34.3 Å². The molecule has 14 heteroatoms. The quantitative estimate of drug-likeness (QED) is 0.132. The molecule has 2 bridgehead atoms. The summed E-state index contributed by atoms with van der Waals surface area (Å²) in [6.07, 6.45) is -4.28. The Kier molecular flexibility index (Phi) is 7.11. The molecule has 4 aromatic rings. The molecule has 1 N–H and O–H groups in total. The highest BCUT2D eigenvalue weighted by Gasteiger charge is 2.70. The molecule has 8 rings (SSSR count). The summed E-state index contributed by atoms with van der Waals surface area (Å²) in [6, 6.07) is 16.7. The van der Waals surface area contributed by atoms with E-state index in [2.05, 4.69) is 4.98 Å². The Balaban J connectivity index is 1.22. The van der Waals surface area contributed by atoms with Crippen LogP contribution in [0.25, 0.3) is 0 Å². The van der Waals surface area contributed by atoms with Crippen molar-refractivity contribution in [2.75, 3.05) is 4.90 Å². The average Bonchev–Trinajstić information content (AvgIpc) is 3.78. The number of thiazole rings is 1. The van der Waals surface area contributed by atoms with E-state index < -0.39 is 57.8 Å². The molecular formula is C34H26F3N3O6S2. The summed E-state index contributed by atoms with van der Waals surface area (Å²) in [5, 5.41) is 12.3. The minimum absolute atomic E-state index is 0.171. The van der Waals surface area contributed by atoms with Gasteiger partial charge in [-0.05, 0) is 54.9 Å². The van der Waals surface area contributed by atoms with E-state index in [4.69, 9.17) is 4.74 Å². The number of para-hydroxylation sites is 1. The molecule has 9 nitrogen and oxygen atoms in total. The summed E-state index contributed by atoms with van der Waals surface area (Å²) >= 11 is 2.41. The van der Waals surface area contributed by atoms with E-state index in [9.17, 15) is 37.7 Å². The van der Waals surface area contributed by atoms with E-state index in [0.29, 0.717) is 27.6 Å². The molecule has 0 unspecified atom stereocenters. The number of nitrogens with one attached hydrogen (secondary N) is 1. The van der Waals surface area contributed by atoms with Gasteiger partial charge in [-0.3, -0.25) is 24.5 Å². The van der Waals surface area contributed by atoms with Gasteiger partial charge in [-0.15, -0.1) is 11.8 Å². The zero-order chi connectivity index (χ0) is 33.6. The van der Waals surface area contributed by atoms with Crippen molar-refractivity contribution in [2.24, 2.45) is 29.6 Å². The van der Waals surface area contributed by atoms with Crippen LogP contribution in [0, 0.1) is 46.6 Å². The molecule has 1 saturated heterocycles. The van der Waals surface area contributed by atoms with E-state index >= 15 is 0 Å². The number of aryl methyl sites for hydroxylation is 1. The van der Waals surface area contributed by atoms with Crippen molar-refractivity contribution >= 4 is 46.3 Å². The number of aromatic amines is 1. The first-order chi connectivity index (χ1) is 22.9. The van der Waals surface area contributed by atoms with Gasteiger partial charge in [-0.1, -0.05) is 53.3 Å². The normalized spacial score (nSPS) is 27.2. The molecule has 3 fully saturated rings. The number of nitro benzene ring substituents is 1. The number of nitro groups is 1. The molecule has 246 valence electrons. The molecule has 3 heterocycles. The van der Waals surface area contributed by atoms with Gasteiger partial charge in [0.15, 0.2) is 0 Å². The summed E-state index contributed by atoms with van der Waals surface area (Å²) in [6.45, 7) is 2.13. The Labute approximate surface area is 279 Å². The number of ether oxygens (including phenoxy) is 1. The van der Waals surface area contributed by atoms with E-state index in [0.717, 1.165) is 39.5 Å². The fourth-order valence-corrected chi connectivity index (χ4v) is 11.4. The van der Waals surface area contributed by atoms with Gasteiger partial charge in [0, 0.05) is 33.7 Å². The van der Waals surface area contributed by atoms with Crippen LogP contribution in [0.5, 0.6) is 5.75 Å². The third-order valence-electron chi connectivity index (χ3n) is 10.2. The van der Waals surface area contributed by atoms with Gasteiger partial charge < -0.3 is 9.72 Å². The summed E-state index contributed by atoms with van der Waals surface area (Å²) < 4.78 is 48.4. The zero-order valence-corrected chi connectivity index (χ0v) is 26.7. The number of hydrogen-bond donors (Lipinski definition) is 1. The lowest BCUT2D eigenvalue weighted by Crippen LogP contribution is -2.42. The van der Waals surface area contributed by atoms with Crippen LogP contribution < -0.4 is 14.5 Å². The summed E-state index contributed by atoms with van der Waals surface area (Å²) in [4.78, 5) is 56.2. The van der Waals surface area contributed by atoms with Crippen LogP contribution in [0.15, 0.2) is 76.6 Å². The van der Waals surface area contributed by atoms with Crippen LogP contribution >= 0.6 is 23.1 Å². The first-order valence-corrected chi connectivity index (χ1v) is 17.0. The topological polar surface area (TPSA) is 123 Å². The maximum atomic E-state index is 14.1. The number of anilines is 1. The predicted molar refractivity (Wildman–Crippen MR) is 171 cm³/mol. The lowest BCUT2D eigenvalue weighted by molar-refractivity contribution is -0.385. The highest BCUT2D eigenvalue weighted by Crippen LogP contribution is 2.69. The molecular weight excluding hydrogens is 668 g/mol. The monoisotopic (exact) mass is 693 g/mol. The number of thioether (sulfide) groups is 1. The minimum Gasteiger partial charge on any atom is -0.489 e. The maximum Gasteiger partial charge on any atom is 0.418 e. The second kappa shape index (κ2) is 11.1. The number of aromatic nitrogens is 1. The van der Waals surface area contributed by atoms with Crippen LogP contribution in [-0.2, 0) is 22.4 Å². The number of alkyl halides is 3. The summed E-state index contributed by atoms with van der Waals surface area (Å²) in [7, 11) is 0. The van der Waals surface area contributed by atoms with E-state index in [1.165, 1.54) is 36.0 Å². The first kappa shape index (κ1) is 30.9. The molecule has 2 amide bonds. The summed E-state index contributed by atoms with van der Waals surface area (Å²) in [5.41, 5.74) is 0.706. The molecule has 48 heavy (non-hydrogen) atoms. The van der Waals surface area contributed by atoms with Crippen LogP contribution in [0.2, 0.25) is 0 Å². The number of halogens is 3. The third-order valence-corrected chi connectivity index (χ3v) is 12.8. The Bertz CT molecular complexity index is 2080. The van der Waals surface area contributed by atoms with Crippen molar-refractivity contribution in [3.63, 3.8) is 0 Å². The van der Waals surface area contributed by atoms with Gasteiger partial charge in [-0.25, -0.2) is 4.90 Å². The fourth-order valence-electron chi connectivity index (χ4n) is 8.50. The first-order valence-electron chi connectivity index (χ1n) is 15.3. The van der Waals surface area contributed by atoms with Crippen LogP contribution in [0.3, 0.4) is 0 Å². The van der Waals surface area contributed by atoms with Crippen molar-refractivity contribution in [3.8, 4) is 5.75 Å². The molecule has 0 radical (unpaired) electrons. The molecule has 2 aliphatic heterocycles. The Morgan fingerprint density at radius 3 is 2.48 bits per heavy atom. The van der Waals surface area contributed by atoms with Gasteiger partial charge in [0.05, 0.1) is 33.0 Å². The number of nitrogens with zero attached hydrogens (tertiary/aromatic N) is 2. The number of hydrogen-bond acceptors (Lipinski definition) is 8. The Hall–Kier alpha value is -4.43.